The van der Waals surface area contributed by atoms with E-state index in [-0.39, 0.29) is 24.3 Å². The van der Waals surface area contributed by atoms with E-state index in [1.807, 2.05) is 13.8 Å². The van der Waals surface area contributed by atoms with Crippen LogP contribution in [-0.4, -0.2) is 43.5 Å². The molecule has 21 heavy (non-hydrogen) atoms. The second kappa shape index (κ2) is 10.1. The molecular weight excluding hydrogens is 274 g/mol. The highest BCUT2D eigenvalue weighted by molar-refractivity contribution is 5.93. The van der Waals surface area contributed by atoms with Crippen molar-refractivity contribution in [1.29, 1.82) is 0 Å². The van der Waals surface area contributed by atoms with E-state index in [0.29, 0.717) is 5.57 Å². The van der Waals surface area contributed by atoms with Crippen LogP contribution in [0.2, 0.25) is 0 Å². The number of nitrogens with one attached hydrogen (secondary N) is 1. The van der Waals surface area contributed by atoms with Gasteiger partial charge in [0, 0.05) is 12.5 Å². The second-order valence-corrected chi connectivity index (χ2v) is 4.71. The maximum atomic E-state index is 12.1. The van der Waals surface area contributed by atoms with Gasteiger partial charge in [-0.1, -0.05) is 13.8 Å². The molecule has 0 heterocycles. The first-order chi connectivity index (χ1) is 9.85. The number of ether oxygens (including phenoxy) is 2. The third kappa shape index (κ3) is 7.60. The average Bonchev–Trinajstić information content (AvgIpc) is 2.47. The third-order valence-corrected chi connectivity index (χ3v) is 2.99. The molecule has 1 N–H and O–H groups in total. The molecule has 0 aromatic carbocycles. The molecule has 0 fully saturated rings. The van der Waals surface area contributed by atoms with Crippen molar-refractivity contribution in [3.63, 3.8) is 0 Å². The number of ketones is 1. The van der Waals surface area contributed by atoms with E-state index in [0.717, 1.165) is 12.8 Å². The summed E-state index contributed by atoms with van der Waals surface area (Å²) in [6.07, 6.45) is 1.99. The lowest BCUT2D eigenvalue weighted by atomic mass is 10.1. The van der Waals surface area contributed by atoms with Crippen LogP contribution in [0.15, 0.2) is 11.6 Å². The fourth-order valence-electron chi connectivity index (χ4n) is 1.66. The van der Waals surface area contributed by atoms with E-state index < -0.39 is 12.1 Å². The SMILES string of the molecule is CCC(CC)OC(/C=C(\C)C(=O)OC)C(=O)CNC(C)=O. The second-order valence-electron chi connectivity index (χ2n) is 4.71. The standard InChI is InChI=1S/C15H25NO5/c1-6-12(7-2)21-14(8-10(3)15(19)20-5)13(18)9-16-11(4)17/h8,12,14H,6-7,9H2,1-5H3,(H,16,17)/b10-8+. The number of methoxy groups -OCH3 is 1. The predicted octanol–water partition coefficient (Wildman–Crippen LogP) is 1.38. The van der Waals surface area contributed by atoms with Crippen molar-refractivity contribution in [1.82, 2.24) is 5.32 Å². The molecule has 6 nitrogen and oxygen atoms in total. The number of hydrogen-bond donors (Lipinski definition) is 1. The first-order valence-electron chi connectivity index (χ1n) is 7.04. The van der Waals surface area contributed by atoms with Gasteiger partial charge in [0.2, 0.25) is 5.91 Å². The molecule has 120 valence electrons. The zero-order valence-corrected chi connectivity index (χ0v) is 13.4. The van der Waals surface area contributed by atoms with E-state index in [4.69, 9.17) is 4.74 Å². The minimum atomic E-state index is -0.874. The van der Waals surface area contributed by atoms with Crippen molar-refractivity contribution in [3.8, 4) is 0 Å². The van der Waals surface area contributed by atoms with Gasteiger partial charge in [-0.05, 0) is 25.8 Å². The fraction of sp³-hybridized carbons (Fsp3) is 0.667. The van der Waals surface area contributed by atoms with Gasteiger partial charge in [-0.2, -0.15) is 0 Å². The molecule has 0 aliphatic rings. The van der Waals surface area contributed by atoms with Gasteiger partial charge in [0.05, 0.1) is 19.8 Å². The first kappa shape index (κ1) is 19.3. The molecule has 0 rings (SSSR count). The lowest BCUT2D eigenvalue weighted by Crippen LogP contribution is -2.37. The number of carbonyl (C=O) groups is 3. The quantitative estimate of drug-likeness (QED) is 0.514. The Balaban J connectivity index is 5.03. The van der Waals surface area contributed by atoms with E-state index in [9.17, 15) is 14.4 Å². The molecule has 1 amide bonds. The minimum Gasteiger partial charge on any atom is -0.466 e. The van der Waals surface area contributed by atoms with Gasteiger partial charge in [0.15, 0.2) is 5.78 Å². The zero-order valence-electron chi connectivity index (χ0n) is 13.4. The fourth-order valence-corrected chi connectivity index (χ4v) is 1.66. The number of hydrogen-bond acceptors (Lipinski definition) is 5. The molecule has 1 atom stereocenters. The third-order valence-electron chi connectivity index (χ3n) is 2.99. The van der Waals surface area contributed by atoms with Crippen molar-refractivity contribution in [3.05, 3.63) is 11.6 Å². The van der Waals surface area contributed by atoms with Crippen molar-refractivity contribution in [2.75, 3.05) is 13.7 Å². The number of esters is 1. The molecule has 1 unspecified atom stereocenters. The van der Waals surface area contributed by atoms with Gasteiger partial charge in [-0.25, -0.2) is 4.79 Å². The molecule has 0 aromatic rings. The van der Waals surface area contributed by atoms with Gasteiger partial charge in [0.1, 0.15) is 6.10 Å². The molecule has 0 aliphatic heterocycles. The first-order valence-corrected chi connectivity index (χ1v) is 7.04. The molecule has 0 saturated carbocycles. The van der Waals surface area contributed by atoms with Crippen LogP contribution in [0.5, 0.6) is 0 Å². The minimum absolute atomic E-state index is 0.0852. The summed E-state index contributed by atoms with van der Waals surface area (Å²) < 4.78 is 10.3. The summed E-state index contributed by atoms with van der Waals surface area (Å²) in [5.41, 5.74) is 0.296. The Kier molecular flexibility index (Phi) is 9.28. The molecule has 0 aliphatic carbocycles. The summed E-state index contributed by atoms with van der Waals surface area (Å²) in [6.45, 7) is 6.67. The Hall–Kier alpha value is -1.69. The van der Waals surface area contributed by atoms with Crippen LogP contribution in [0.1, 0.15) is 40.5 Å². The molecule has 0 aromatic heterocycles. The van der Waals surface area contributed by atoms with Gasteiger partial charge >= 0.3 is 5.97 Å². The number of amides is 1. The Morgan fingerprint density at radius 2 is 1.71 bits per heavy atom. The number of Topliss-reactive ketones (excluding diaryl/α,β-unsaturated/α-hetero) is 1. The van der Waals surface area contributed by atoms with Crippen molar-refractivity contribution >= 4 is 17.7 Å². The van der Waals surface area contributed by atoms with E-state index in [1.165, 1.54) is 20.1 Å². The van der Waals surface area contributed by atoms with Crippen LogP contribution in [0.4, 0.5) is 0 Å². The summed E-state index contributed by atoms with van der Waals surface area (Å²) in [4.78, 5) is 34.4. The highest BCUT2D eigenvalue weighted by atomic mass is 16.5. The maximum Gasteiger partial charge on any atom is 0.333 e. The van der Waals surface area contributed by atoms with Gasteiger partial charge in [-0.3, -0.25) is 9.59 Å². The highest BCUT2D eigenvalue weighted by Gasteiger charge is 2.21. The molecule has 6 heteroatoms. The summed E-state index contributed by atoms with van der Waals surface area (Å²) in [7, 11) is 1.27. The molecule has 0 spiro atoms. The highest BCUT2D eigenvalue weighted by Crippen LogP contribution is 2.11. The van der Waals surface area contributed by atoms with Crippen molar-refractivity contribution in [2.45, 2.75) is 52.7 Å². The number of rotatable bonds is 9. The van der Waals surface area contributed by atoms with Crippen LogP contribution in [0, 0.1) is 0 Å². The van der Waals surface area contributed by atoms with E-state index >= 15 is 0 Å². The lowest BCUT2D eigenvalue weighted by molar-refractivity contribution is -0.136. The van der Waals surface area contributed by atoms with Gasteiger partial charge in [0.25, 0.3) is 0 Å². The van der Waals surface area contributed by atoms with Crippen molar-refractivity contribution < 1.29 is 23.9 Å². The predicted molar refractivity (Wildman–Crippen MR) is 78.7 cm³/mol. The monoisotopic (exact) mass is 299 g/mol. The van der Waals surface area contributed by atoms with Crippen LogP contribution in [0.25, 0.3) is 0 Å². The van der Waals surface area contributed by atoms with Gasteiger partial charge < -0.3 is 14.8 Å². The van der Waals surface area contributed by atoms with E-state index in [2.05, 4.69) is 10.1 Å². The topological polar surface area (TPSA) is 81.7 Å². The Labute approximate surface area is 125 Å². The van der Waals surface area contributed by atoms with Crippen LogP contribution >= 0.6 is 0 Å². The Morgan fingerprint density at radius 3 is 2.14 bits per heavy atom. The van der Waals surface area contributed by atoms with Crippen molar-refractivity contribution in [2.24, 2.45) is 0 Å². The Morgan fingerprint density at radius 1 is 1.14 bits per heavy atom. The number of carbonyl (C=O) groups excluding carboxylic acids is 3. The van der Waals surface area contributed by atoms with Gasteiger partial charge in [-0.15, -0.1) is 0 Å². The average molecular weight is 299 g/mol. The Bertz CT molecular complexity index is 399. The van der Waals surface area contributed by atoms with Crippen LogP contribution < -0.4 is 5.32 Å². The summed E-state index contributed by atoms with van der Waals surface area (Å²) in [6, 6.07) is 0. The molecule has 0 saturated heterocycles. The summed E-state index contributed by atoms with van der Waals surface area (Å²) in [5, 5.41) is 2.44. The van der Waals surface area contributed by atoms with Crippen LogP contribution in [-0.2, 0) is 23.9 Å². The largest absolute Gasteiger partial charge is 0.466 e. The normalized spacial score (nSPS) is 13.0. The molecule has 0 radical (unpaired) electrons. The molecular formula is C15H25NO5. The lowest BCUT2D eigenvalue weighted by Gasteiger charge is -2.20. The zero-order chi connectivity index (χ0) is 16.4. The summed E-state index contributed by atoms with van der Waals surface area (Å²) >= 11 is 0. The summed E-state index contributed by atoms with van der Waals surface area (Å²) in [5.74, 6) is -1.11. The van der Waals surface area contributed by atoms with Crippen LogP contribution in [0.3, 0.4) is 0 Å². The molecule has 0 bridgehead atoms. The van der Waals surface area contributed by atoms with E-state index in [1.54, 1.807) is 6.92 Å². The smallest absolute Gasteiger partial charge is 0.333 e. The maximum absolute atomic E-state index is 12.1.